The molecule has 6 nitrogen and oxygen atoms in total. The second-order valence-electron chi connectivity index (χ2n) is 7.46. The van der Waals surface area contributed by atoms with Gasteiger partial charge in [0.2, 0.25) is 15.9 Å². The molecular formula is C22H26Cl2N2O4S. The number of carbonyl (C=O) groups excluding carboxylic acids is 1. The number of carbonyl (C=O) groups is 1. The molecule has 1 heterocycles. The number of sulfonamides is 1. The van der Waals surface area contributed by atoms with Crippen molar-refractivity contribution in [1.82, 2.24) is 9.62 Å². The fourth-order valence-electron chi connectivity index (χ4n) is 3.65. The Morgan fingerprint density at radius 3 is 2.26 bits per heavy atom. The average molecular weight is 485 g/mol. The third kappa shape index (κ3) is 5.52. The Kier molecular flexibility index (Phi) is 7.86. The Morgan fingerprint density at radius 2 is 1.71 bits per heavy atom. The van der Waals surface area contributed by atoms with Gasteiger partial charge < -0.3 is 10.1 Å². The van der Waals surface area contributed by atoms with Crippen LogP contribution < -0.4 is 10.1 Å². The molecule has 0 bridgehead atoms. The van der Waals surface area contributed by atoms with Crippen molar-refractivity contribution in [2.45, 2.75) is 37.6 Å². The summed E-state index contributed by atoms with van der Waals surface area (Å²) in [6, 6.07) is 12.1. The number of hydrogen-bond acceptors (Lipinski definition) is 4. The van der Waals surface area contributed by atoms with Gasteiger partial charge in [0.15, 0.2) is 0 Å². The molecule has 2 aromatic rings. The van der Waals surface area contributed by atoms with Crippen molar-refractivity contribution in [2.75, 3.05) is 19.7 Å². The quantitative estimate of drug-likeness (QED) is 0.619. The van der Waals surface area contributed by atoms with Gasteiger partial charge in [-0.2, -0.15) is 4.31 Å². The molecule has 0 spiro atoms. The lowest BCUT2D eigenvalue weighted by atomic mass is 9.96. The number of nitrogens with one attached hydrogen (secondary N) is 1. The maximum atomic E-state index is 13.0. The highest BCUT2D eigenvalue weighted by Gasteiger charge is 2.34. The molecule has 168 valence electrons. The van der Waals surface area contributed by atoms with Gasteiger partial charge in [-0.3, -0.25) is 4.79 Å². The summed E-state index contributed by atoms with van der Waals surface area (Å²) in [5.74, 6) is 0.463. The number of halogens is 2. The van der Waals surface area contributed by atoms with Crippen molar-refractivity contribution < 1.29 is 17.9 Å². The van der Waals surface area contributed by atoms with E-state index in [1.165, 1.54) is 16.4 Å². The molecule has 31 heavy (non-hydrogen) atoms. The molecule has 0 radical (unpaired) electrons. The summed E-state index contributed by atoms with van der Waals surface area (Å²) in [7, 11) is -3.82. The molecule has 9 heteroatoms. The monoisotopic (exact) mass is 484 g/mol. The zero-order valence-corrected chi connectivity index (χ0v) is 19.8. The van der Waals surface area contributed by atoms with E-state index in [2.05, 4.69) is 5.32 Å². The summed E-state index contributed by atoms with van der Waals surface area (Å²) in [5.41, 5.74) is 0.977. The predicted octanol–water partition coefficient (Wildman–Crippen LogP) is 4.67. The van der Waals surface area contributed by atoms with E-state index in [0.29, 0.717) is 19.4 Å². The van der Waals surface area contributed by atoms with E-state index in [1.54, 1.807) is 6.07 Å². The van der Waals surface area contributed by atoms with Crippen molar-refractivity contribution in [3.05, 3.63) is 58.1 Å². The third-order valence-corrected chi connectivity index (χ3v) is 8.25. The Morgan fingerprint density at radius 1 is 1.13 bits per heavy atom. The summed E-state index contributed by atoms with van der Waals surface area (Å²) >= 11 is 12.2. The Hall–Kier alpha value is -1.80. The molecule has 0 aliphatic carbocycles. The van der Waals surface area contributed by atoms with Gasteiger partial charge in [-0.05, 0) is 56.5 Å². The molecule has 1 aliphatic rings. The van der Waals surface area contributed by atoms with E-state index in [0.717, 1.165) is 11.3 Å². The molecule has 1 atom stereocenters. The van der Waals surface area contributed by atoms with E-state index in [-0.39, 0.29) is 45.9 Å². The molecule has 2 aromatic carbocycles. The van der Waals surface area contributed by atoms with E-state index >= 15 is 0 Å². The van der Waals surface area contributed by atoms with Gasteiger partial charge in [-0.25, -0.2) is 8.42 Å². The van der Waals surface area contributed by atoms with Gasteiger partial charge >= 0.3 is 0 Å². The highest BCUT2D eigenvalue weighted by atomic mass is 35.5. The van der Waals surface area contributed by atoms with Crippen LogP contribution in [-0.2, 0) is 14.8 Å². The van der Waals surface area contributed by atoms with Crippen molar-refractivity contribution in [3.63, 3.8) is 0 Å². The molecule has 1 N–H and O–H groups in total. The fourth-order valence-corrected chi connectivity index (χ4v) is 6.21. The van der Waals surface area contributed by atoms with Gasteiger partial charge in [0.1, 0.15) is 10.6 Å². The molecule has 0 saturated carbocycles. The van der Waals surface area contributed by atoms with E-state index in [1.807, 2.05) is 38.1 Å². The largest absolute Gasteiger partial charge is 0.494 e. The maximum Gasteiger partial charge on any atom is 0.246 e. The lowest BCUT2D eigenvalue weighted by molar-refractivity contribution is -0.126. The van der Waals surface area contributed by atoms with Crippen molar-refractivity contribution in [1.29, 1.82) is 0 Å². The fraction of sp³-hybridized carbons (Fsp3) is 0.409. The lowest BCUT2D eigenvalue weighted by Gasteiger charge is -2.31. The third-order valence-electron chi connectivity index (χ3n) is 5.39. The van der Waals surface area contributed by atoms with E-state index in [9.17, 15) is 13.2 Å². The van der Waals surface area contributed by atoms with Crippen LogP contribution in [0, 0.1) is 5.92 Å². The number of piperidine rings is 1. The number of rotatable bonds is 7. The standard InChI is InChI=1S/C22H26Cl2N2O4S/c1-3-30-18-9-7-16(8-10-18)15(2)25-22(27)17-11-13-26(14-12-17)31(28,29)21-19(23)5-4-6-20(21)24/h4-10,15,17H,3,11-14H2,1-2H3,(H,25,27). The molecule has 0 aromatic heterocycles. The second kappa shape index (κ2) is 10.2. The van der Waals surface area contributed by atoms with Crippen LogP contribution in [0.25, 0.3) is 0 Å². The summed E-state index contributed by atoms with van der Waals surface area (Å²) in [6.45, 7) is 4.92. The first-order chi connectivity index (χ1) is 14.7. The van der Waals surface area contributed by atoms with Gasteiger partial charge in [-0.15, -0.1) is 0 Å². The molecule has 3 rings (SSSR count). The smallest absolute Gasteiger partial charge is 0.246 e. The highest BCUT2D eigenvalue weighted by Crippen LogP contribution is 2.33. The summed E-state index contributed by atoms with van der Waals surface area (Å²) in [5, 5.41) is 3.22. The number of amides is 1. The maximum absolute atomic E-state index is 13.0. The number of benzene rings is 2. The van der Waals surface area contributed by atoms with Gasteiger partial charge in [0.05, 0.1) is 22.7 Å². The molecular weight excluding hydrogens is 459 g/mol. The first-order valence-corrected chi connectivity index (χ1v) is 12.4. The Balaban J connectivity index is 1.59. The SMILES string of the molecule is CCOc1ccc(C(C)NC(=O)C2CCN(S(=O)(=O)c3c(Cl)cccc3Cl)CC2)cc1. The predicted molar refractivity (Wildman–Crippen MR) is 122 cm³/mol. The van der Waals surface area contributed by atoms with Crippen molar-refractivity contribution in [3.8, 4) is 5.75 Å². The van der Waals surface area contributed by atoms with Crippen LogP contribution in [0.15, 0.2) is 47.4 Å². The minimum atomic E-state index is -3.82. The van der Waals surface area contributed by atoms with Crippen LogP contribution in [0.1, 0.15) is 38.3 Å². The Labute approximate surface area is 193 Å². The number of ether oxygens (including phenoxy) is 1. The summed E-state index contributed by atoms with van der Waals surface area (Å²) in [6.07, 6.45) is 0.867. The van der Waals surface area contributed by atoms with Gasteiger partial charge in [-0.1, -0.05) is 41.4 Å². The zero-order chi connectivity index (χ0) is 22.6. The van der Waals surface area contributed by atoms with Crippen LogP contribution in [-0.4, -0.2) is 38.3 Å². The highest BCUT2D eigenvalue weighted by molar-refractivity contribution is 7.89. The first-order valence-electron chi connectivity index (χ1n) is 10.2. The first kappa shape index (κ1) is 23.9. The molecule has 1 amide bonds. The minimum Gasteiger partial charge on any atom is -0.494 e. The van der Waals surface area contributed by atoms with Crippen LogP contribution in [0.2, 0.25) is 10.0 Å². The van der Waals surface area contributed by atoms with E-state index < -0.39 is 10.0 Å². The average Bonchev–Trinajstić information content (AvgIpc) is 2.74. The van der Waals surface area contributed by atoms with Crippen LogP contribution in [0.4, 0.5) is 0 Å². The van der Waals surface area contributed by atoms with Gasteiger partial charge in [0, 0.05) is 19.0 Å². The number of nitrogens with zero attached hydrogens (tertiary/aromatic N) is 1. The van der Waals surface area contributed by atoms with Crippen LogP contribution in [0.3, 0.4) is 0 Å². The molecule has 1 unspecified atom stereocenters. The molecule has 1 saturated heterocycles. The molecule has 1 aliphatic heterocycles. The van der Waals surface area contributed by atoms with Crippen LogP contribution in [0.5, 0.6) is 5.75 Å². The minimum absolute atomic E-state index is 0.0748. The normalized spacial score (nSPS) is 16.6. The summed E-state index contributed by atoms with van der Waals surface area (Å²) in [4.78, 5) is 12.7. The topological polar surface area (TPSA) is 75.7 Å². The summed E-state index contributed by atoms with van der Waals surface area (Å²) < 4.78 is 32.8. The Bertz CT molecular complexity index is 1000. The second-order valence-corrected chi connectivity index (χ2v) is 10.2. The zero-order valence-electron chi connectivity index (χ0n) is 17.5. The van der Waals surface area contributed by atoms with E-state index in [4.69, 9.17) is 27.9 Å². The van der Waals surface area contributed by atoms with Crippen molar-refractivity contribution >= 4 is 39.1 Å². The van der Waals surface area contributed by atoms with Crippen molar-refractivity contribution in [2.24, 2.45) is 5.92 Å². The number of hydrogen-bond donors (Lipinski definition) is 1. The van der Waals surface area contributed by atoms with Gasteiger partial charge in [0.25, 0.3) is 0 Å². The lowest BCUT2D eigenvalue weighted by Crippen LogP contribution is -2.43. The van der Waals surface area contributed by atoms with Crippen LogP contribution >= 0.6 is 23.2 Å². The molecule has 1 fully saturated rings.